The number of aryl methyl sites for hydroxylation is 1. The van der Waals surface area contributed by atoms with Crippen LogP contribution in [0.2, 0.25) is 18.1 Å². The highest BCUT2D eigenvalue weighted by Gasteiger charge is 2.45. The van der Waals surface area contributed by atoms with Gasteiger partial charge in [0.05, 0.1) is 12.1 Å². The topological polar surface area (TPSA) is 88.1 Å². The zero-order valence-corrected chi connectivity index (χ0v) is 29.0. The Morgan fingerprint density at radius 2 is 1.74 bits per heavy atom. The number of ether oxygens (including phenoxy) is 1. The molecular formula is C37H47FN2O5Si. The second kappa shape index (κ2) is 14.7. The Balaban J connectivity index is 1.71. The van der Waals surface area contributed by atoms with Crippen molar-refractivity contribution in [3.63, 3.8) is 0 Å². The van der Waals surface area contributed by atoms with E-state index >= 15 is 4.39 Å². The first-order chi connectivity index (χ1) is 21.7. The molecule has 1 fully saturated rings. The number of halogens is 1. The minimum atomic E-state index is -2.25. The van der Waals surface area contributed by atoms with Gasteiger partial charge in [0, 0.05) is 37.9 Å². The number of amides is 2. The van der Waals surface area contributed by atoms with E-state index in [2.05, 4.69) is 45.3 Å². The van der Waals surface area contributed by atoms with E-state index in [1.807, 2.05) is 55.5 Å². The summed E-state index contributed by atoms with van der Waals surface area (Å²) >= 11 is 0. The summed E-state index contributed by atoms with van der Waals surface area (Å²) in [5.74, 6) is -0.530. The van der Waals surface area contributed by atoms with Crippen LogP contribution in [-0.2, 0) is 9.16 Å². The molecule has 0 aliphatic carbocycles. The van der Waals surface area contributed by atoms with Crippen molar-refractivity contribution >= 4 is 25.9 Å². The quantitative estimate of drug-likeness (QED) is 0.162. The summed E-state index contributed by atoms with van der Waals surface area (Å²) in [6, 6.07) is 19.7. The first-order valence-electron chi connectivity index (χ1n) is 15.8. The molecule has 9 heteroatoms. The van der Waals surface area contributed by atoms with E-state index in [9.17, 15) is 14.7 Å². The number of nitrogens with one attached hydrogen (secondary N) is 1. The molecule has 1 heterocycles. The summed E-state index contributed by atoms with van der Waals surface area (Å²) in [5, 5.41) is 12.0. The smallest absolute Gasteiger partial charge is 0.405 e. The number of carbonyl (C=O) groups excluding carboxylic acids is 1. The van der Waals surface area contributed by atoms with Gasteiger partial charge in [-0.05, 0) is 78.4 Å². The monoisotopic (exact) mass is 646 g/mol. The minimum Gasteiger partial charge on any atom is -0.465 e. The highest BCUT2D eigenvalue weighted by Crippen LogP contribution is 2.39. The van der Waals surface area contributed by atoms with E-state index in [0.29, 0.717) is 24.2 Å². The van der Waals surface area contributed by atoms with Crippen LogP contribution < -0.4 is 5.32 Å². The number of rotatable bonds is 11. The number of allylic oxidation sites excluding steroid dienone is 1. The molecule has 1 aliphatic heterocycles. The summed E-state index contributed by atoms with van der Waals surface area (Å²) in [4.78, 5) is 27.3. The fourth-order valence-corrected chi connectivity index (χ4v) is 6.96. The van der Waals surface area contributed by atoms with Gasteiger partial charge < -0.3 is 24.5 Å². The summed E-state index contributed by atoms with van der Waals surface area (Å²) in [5.41, 5.74) is 5.14. The van der Waals surface area contributed by atoms with Crippen LogP contribution in [0.3, 0.4) is 0 Å². The number of carbonyl (C=O) groups is 2. The van der Waals surface area contributed by atoms with Crippen molar-refractivity contribution in [3.8, 4) is 11.1 Å². The molecule has 1 aliphatic rings. The molecule has 0 radical (unpaired) electrons. The Morgan fingerprint density at radius 1 is 1.04 bits per heavy atom. The van der Waals surface area contributed by atoms with Gasteiger partial charge in [-0.2, -0.15) is 0 Å². The van der Waals surface area contributed by atoms with Crippen LogP contribution in [-0.4, -0.2) is 69.3 Å². The van der Waals surface area contributed by atoms with Crippen molar-refractivity contribution in [2.45, 2.75) is 70.8 Å². The number of unbranched alkanes of at least 4 members (excludes halogenated alkanes) is 1. The van der Waals surface area contributed by atoms with Crippen LogP contribution in [0.25, 0.3) is 16.7 Å². The lowest BCUT2D eigenvalue weighted by atomic mass is 9.88. The third-order valence-corrected chi connectivity index (χ3v) is 13.6. The summed E-state index contributed by atoms with van der Waals surface area (Å²) < 4.78 is 27.5. The maximum Gasteiger partial charge on any atom is 0.405 e. The molecule has 2 amide bonds. The van der Waals surface area contributed by atoms with Gasteiger partial charge >= 0.3 is 6.09 Å². The van der Waals surface area contributed by atoms with E-state index < -0.39 is 26.6 Å². The van der Waals surface area contributed by atoms with Crippen molar-refractivity contribution in [1.29, 1.82) is 0 Å². The number of hydrogen-bond donors (Lipinski definition) is 2. The Labute approximate surface area is 273 Å². The molecule has 246 valence electrons. The second-order valence-corrected chi connectivity index (χ2v) is 18.3. The van der Waals surface area contributed by atoms with Gasteiger partial charge in [0.25, 0.3) is 5.91 Å². The predicted molar refractivity (Wildman–Crippen MR) is 184 cm³/mol. The molecule has 0 bridgehead atoms. The Hall–Kier alpha value is -3.79. The van der Waals surface area contributed by atoms with Gasteiger partial charge in [0.1, 0.15) is 5.82 Å². The number of benzene rings is 3. The summed E-state index contributed by atoms with van der Waals surface area (Å²) in [7, 11) is -0.581. The average Bonchev–Trinajstić information content (AvgIpc) is 3.36. The molecule has 4 rings (SSSR count). The molecule has 1 saturated heterocycles. The van der Waals surface area contributed by atoms with Gasteiger partial charge in [-0.15, -0.1) is 0 Å². The largest absolute Gasteiger partial charge is 0.465 e. The minimum absolute atomic E-state index is 0.0767. The van der Waals surface area contributed by atoms with Gasteiger partial charge in [-0.3, -0.25) is 4.79 Å². The summed E-state index contributed by atoms with van der Waals surface area (Å²) in [6.45, 7) is 13.7. The molecule has 46 heavy (non-hydrogen) atoms. The third kappa shape index (κ3) is 8.32. The predicted octanol–water partition coefficient (Wildman–Crippen LogP) is 8.14. The number of carboxylic acid groups (broad SMARTS) is 1. The zero-order chi connectivity index (χ0) is 33.6. The lowest BCUT2D eigenvalue weighted by Gasteiger charge is -2.39. The number of nitrogens with zero attached hydrogens (tertiary/aromatic N) is 1. The van der Waals surface area contributed by atoms with Crippen molar-refractivity contribution in [1.82, 2.24) is 10.2 Å². The second-order valence-electron chi connectivity index (χ2n) is 13.5. The maximum atomic E-state index is 15.6. The van der Waals surface area contributed by atoms with E-state index in [1.54, 1.807) is 24.1 Å². The Bertz CT molecular complexity index is 1580. The average molecular weight is 647 g/mol. The van der Waals surface area contributed by atoms with Gasteiger partial charge in [-0.1, -0.05) is 80.9 Å². The maximum absolute atomic E-state index is 15.6. The standard InChI is InChI=1S/C37H47FN2O5Si/c1-25-13-10-15-27(21-25)34-30(18-12-19-31(34)38)29(17-8-9-20-44-5)26-14-11-16-28(22-26)35(41)40-23-32(39-36(42)43)33(24-40)45-46(6,7)37(2,3)4/h10-19,21-22,32-33,39H,8-9,20,23-24H2,1-7H3,(H,42,43)/b29-17-/t32-,33-/m1/s1. The van der Waals surface area contributed by atoms with Crippen molar-refractivity contribution in [3.05, 3.63) is 101 Å². The molecule has 0 aromatic heterocycles. The van der Waals surface area contributed by atoms with E-state index in [4.69, 9.17) is 9.16 Å². The third-order valence-electron chi connectivity index (χ3n) is 9.05. The zero-order valence-electron chi connectivity index (χ0n) is 28.0. The summed E-state index contributed by atoms with van der Waals surface area (Å²) in [6.07, 6.45) is 1.97. The molecule has 0 saturated carbocycles. The van der Waals surface area contributed by atoms with Gasteiger partial charge in [0.2, 0.25) is 0 Å². The van der Waals surface area contributed by atoms with Crippen LogP contribution >= 0.6 is 0 Å². The molecule has 3 aromatic rings. The normalized spacial score (nSPS) is 17.3. The van der Waals surface area contributed by atoms with Crippen LogP contribution in [0.5, 0.6) is 0 Å². The molecule has 2 N–H and O–H groups in total. The van der Waals surface area contributed by atoms with E-state index in [0.717, 1.165) is 34.2 Å². The fraction of sp³-hybridized carbons (Fsp3) is 0.405. The Morgan fingerprint density at radius 3 is 2.41 bits per heavy atom. The van der Waals surface area contributed by atoms with Crippen LogP contribution in [0, 0.1) is 12.7 Å². The number of hydrogen-bond acceptors (Lipinski definition) is 4. The fourth-order valence-electron chi connectivity index (χ4n) is 5.61. The molecule has 2 atom stereocenters. The lowest BCUT2D eigenvalue weighted by Crippen LogP contribution is -2.51. The SMILES string of the molecule is COCCC/C=C(/c1cccc(C(=O)N2C[C@@H](NC(=O)O)[C@H](O[Si](C)(C)C(C)(C)C)C2)c1)c1cccc(F)c1-c1cccc(C)c1. The number of methoxy groups -OCH3 is 1. The van der Waals surface area contributed by atoms with Crippen LogP contribution in [0.4, 0.5) is 9.18 Å². The number of likely N-dealkylation sites (tertiary alicyclic amines) is 1. The molecule has 7 nitrogen and oxygen atoms in total. The highest BCUT2D eigenvalue weighted by molar-refractivity contribution is 6.74. The van der Waals surface area contributed by atoms with Crippen LogP contribution in [0.15, 0.2) is 72.8 Å². The van der Waals surface area contributed by atoms with Gasteiger partial charge in [0.15, 0.2) is 8.32 Å². The van der Waals surface area contributed by atoms with E-state index in [-0.39, 0.29) is 29.9 Å². The van der Waals surface area contributed by atoms with Crippen LogP contribution in [0.1, 0.15) is 60.7 Å². The van der Waals surface area contributed by atoms with Gasteiger partial charge in [-0.25, -0.2) is 9.18 Å². The van der Waals surface area contributed by atoms with E-state index in [1.165, 1.54) is 6.07 Å². The molecule has 0 spiro atoms. The van der Waals surface area contributed by atoms with Crippen molar-refractivity contribution in [2.75, 3.05) is 26.8 Å². The first-order valence-corrected chi connectivity index (χ1v) is 18.7. The van der Waals surface area contributed by atoms with Crippen molar-refractivity contribution < 1.29 is 28.2 Å². The lowest BCUT2D eigenvalue weighted by molar-refractivity contribution is 0.0768. The molecule has 3 aromatic carbocycles. The van der Waals surface area contributed by atoms with Crippen molar-refractivity contribution in [2.24, 2.45) is 0 Å². The Kier molecular flexibility index (Phi) is 11.2. The highest BCUT2D eigenvalue weighted by atomic mass is 28.4. The molecule has 0 unspecified atom stereocenters. The molecular weight excluding hydrogens is 600 g/mol. The first kappa shape index (κ1) is 35.1.